The van der Waals surface area contributed by atoms with Gasteiger partial charge in [-0.05, 0) is 6.26 Å². The number of carbonyl (C=O) groups is 1. The SMILES string of the molecule is CSc1ncc(C(C)CC(=O)O)nn1. The largest absolute Gasteiger partial charge is 0.481 e. The molecule has 0 saturated heterocycles. The summed E-state index contributed by atoms with van der Waals surface area (Å²) in [4.78, 5) is 14.5. The number of thioether (sulfide) groups is 1. The van der Waals surface area contributed by atoms with Crippen molar-refractivity contribution in [3.8, 4) is 0 Å². The molecule has 1 aromatic rings. The highest BCUT2D eigenvalue weighted by Crippen LogP contribution is 2.15. The molecule has 1 atom stereocenters. The summed E-state index contributed by atoms with van der Waals surface area (Å²) < 4.78 is 0. The van der Waals surface area contributed by atoms with Gasteiger partial charge in [0.1, 0.15) is 0 Å². The van der Waals surface area contributed by atoms with E-state index in [0.29, 0.717) is 10.9 Å². The second kappa shape index (κ2) is 4.90. The topological polar surface area (TPSA) is 76.0 Å². The first-order valence-corrected chi connectivity index (χ1v) is 5.31. The van der Waals surface area contributed by atoms with Gasteiger partial charge in [-0.25, -0.2) is 4.98 Å². The van der Waals surface area contributed by atoms with Crippen LogP contribution < -0.4 is 0 Å². The van der Waals surface area contributed by atoms with Crippen LogP contribution in [-0.2, 0) is 4.79 Å². The van der Waals surface area contributed by atoms with E-state index in [2.05, 4.69) is 15.2 Å². The maximum Gasteiger partial charge on any atom is 0.304 e. The van der Waals surface area contributed by atoms with E-state index < -0.39 is 5.97 Å². The van der Waals surface area contributed by atoms with E-state index in [1.807, 2.05) is 6.26 Å². The minimum atomic E-state index is -0.840. The number of carboxylic acids is 1. The van der Waals surface area contributed by atoms with Crippen molar-refractivity contribution in [3.05, 3.63) is 11.9 Å². The molecule has 76 valence electrons. The number of nitrogens with zero attached hydrogens (tertiary/aromatic N) is 3. The van der Waals surface area contributed by atoms with Gasteiger partial charge in [-0.15, -0.1) is 5.10 Å². The lowest BCUT2D eigenvalue weighted by atomic mass is 10.1. The van der Waals surface area contributed by atoms with Crippen molar-refractivity contribution < 1.29 is 9.90 Å². The van der Waals surface area contributed by atoms with Crippen LogP contribution in [0.1, 0.15) is 25.0 Å². The maximum atomic E-state index is 10.4. The predicted octanol–water partition coefficient (Wildman–Crippen LogP) is 1.17. The average molecular weight is 213 g/mol. The summed E-state index contributed by atoms with van der Waals surface area (Å²) in [5.41, 5.74) is 0.616. The number of hydrogen-bond acceptors (Lipinski definition) is 5. The number of hydrogen-bond donors (Lipinski definition) is 1. The summed E-state index contributed by atoms with van der Waals surface area (Å²) in [6.45, 7) is 1.79. The van der Waals surface area contributed by atoms with Crippen molar-refractivity contribution in [1.82, 2.24) is 15.2 Å². The van der Waals surface area contributed by atoms with E-state index in [0.717, 1.165) is 0 Å². The highest BCUT2D eigenvalue weighted by Gasteiger charge is 2.12. The van der Waals surface area contributed by atoms with Crippen LogP contribution in [0.2, 0.25) is 0 Å². The van der Waals surface area contributed by atoms with E-state index in [-0.39, 0.29) is 12.3 Å². The summed E-state index contributed by atoms with van der Waals surface area (Å²) in [7, 11) is 0. The molecule has 1 heterocycles. The van der Waals surface area contributed by atoms with Crippen LogP contribution in [0.5, 0.6) is 0 Å². The molecule has 0 spiro atoms. The molecule has 5 nitrogen and oxygen atoms in total. The lowest BCUT2D eigenvalue weighted by molar-refractivity contribution is -0.137. The molecule has 0 aliphatic heterocycles. The Morgan fingerprint density at radius 1 is 1.64 bits per heavy atom. The molecule has 0 bridgehead atoms. The monoisotopic (exact) mass is 213 g/mol. The molecule has 0 aliphatic carbocycles. The Balaban J connectivity index is 2.71. The summed E-state index contributed by atoms with van der Waals surface area (Å²) in [5.74, 6) is -0.989. The van der Waals surface area contributed by atoms with Gasteiger partial charge in [-0.3, -0.25) is 4.79 Å². The Morgan fingerprint density at radius 2 is 2.36 bits per heavy atom. The fourth-order valence-corrected chi connectivity index (χ4v) is 1.24. The van der Waals surface area contributed by atoms with E-state index in [1.54, 1.807) is 13.1 Å². The zero-order valence-electron chi connectivity index (χ0n) is 7.97. The van der Waals surface area contributed by atoms with Crippen LogP contribution in [0.15, 0.2) is 11.4 Å². The van der Waals surface area contributed by atoms with Gasteiger partial charge < -0.3 is 5.11 Å². The van der Waals surface area contributed by atoms with Gasteiger partial charge in [0.2, 0.25) is 5.16 Å². The molecule has 0 radical (unpaired) electrons. The van der Waals surface area contributed by atoms with Crippen LogP contribution in [0.25, 0.3) is 0 Å². The van der Waals surface area contributed by atoms with Gasteiger partial charge in [0, 0.05) is 5.92 Å². The van der Waals surface area contributed by atoms with Crippen molar-refractivity contribution >= 4 is 17.7 Å². The molecule has 0 amide bonds. The number of carboxylic acid groups (broad SMARTS) is 1. The molecule has 1 N–H and O–H groups in total. The number of aliphatic carboxylic acids is 1. The fraction of sp³-hybridized carbons (Fsp3) is 0.500. The lowest BCUT2D eigenvalue weighted by Crippen LogP contribution is -2.06. The van der Waals surface area contributed by atoms with Crippen LogP contribution in [0.4, 0.5) is 0 Å². The zero-order chi connectivity index (χ0) is 10.6. The Hall–Kier alpha value is -1.17. The number of rotatable bonds is 4. The van der Waals surface area contributed by atoms with Crippen LogP contribution >= 0.6 is 11.8 Å². The summed E-state index contributed by atoms with van der Waals surface area (Å²) in [6.07, 6.45) is 3.48. The highest BCUT2D eigenvalue weighted by atomic mass is 32.2. The Bertz CT molecular complexity index is 315. The summed E-state index contributed by atoms with van der Waals surface area (Å²) in [6, 6.07) is 0. The third-order valence-electron chi connectivity index (χ3n) is 1.73. The Kier molecular flexibility index (Phi) is 3.82. The Morgan fingerprint density at radius 3 is 2.79 bits per heavy atom. The molecule has 1 rings (SSSR count). The minimum absolute atomic E-state index is 0.0506. The Labute approximate surface area is 86.0 Å². The van der Waals surface area contributed by atoms with E-state index in [1.165, 1.54) is 11.8 Å². The molecule has 0 aliphatic rings. The van der Waals surface area contributed by atoms with Crippen LogP contribution in [-0.4, -0.2) is 32.5 Å². The van der Waals surface area contributed by atoms with Gasteiger partial charge >= 0.3 is 5.97 Å². The minimum Gasteiger partial charge on any atom is -0.481 e. The second-order valence-electron chi connectivity index (χ2n) is 2.87. The molecule has 0 saturated carbocycles. The van der Waals surface area contributed by atoms with Crippen molar-refractivity contribution in [2.45, 2.75) is 24.4 Å². The first-order valence-electron chi connectivity index (χ1n) is 4.09. The van der Waals surface area contributed by atoms with E-state index >= 15 is 0 Å². The maximum absolute atomic E-state index is 10.4. The normalized spacial score (nSPS) is 12.4. The third kappa shape index (κ3) is 2.95. The number of aromatic nitrogens is 3. The lowest BCUT2D eigenvalue weighted by Gasteiger charge is -2.05. The molecule has 1 unspecified atom stereocenters. The van der Waals surface area contributed by atoms with Crippen LogP contribution in [0, 0.1) is 0 Å². The second-order valence-corrected chi connectivity index (χ2v) is 3.64. The van der Waals surface area contributed by atoms with Gasteiger partial charge in [0.25, 0.3) is 0 Å². The van der Waals surface area contributed by atoms with E-state index in [4.69, 9.17) is 5.11 Å². The smallest absolute Gasteiger partial charge is 0.304 e. The molecular weight excluding hydrogens is 202 g/mol. The molecule has 6 heteroatoms. The zero-order valence-corrected chi connectivity index (χ0v) is 8.78. The van der Waals surface area contributed by atoms with Gasteiger partial charge in [0.15, 0.2) is 0 Å². The standard InChI is InChI=1S/C8H11N3O2S/c1-5(3-7(12)13)6-4-9-8(14-2)11-10-6/h4-5H,3H2,1-2H3,(H,12,13). The predicted molar refractivity (Wildman–Crippen MR) is 52.3 cm³/mol. The third-order valence-corrected chi connectivity index (χ3v) is 2.28. The first kappa shape index (κ1) is 10.9. The average Bonchev–Trinajstić information content (AvgIpc) is 2.17. The summed E-state index contributed by atoms with van der Waals surface area (Å²) >= 11 is 1.40. The highest BCUT2D eigenvalue weighted by molar-refractivity contribution is 7.98. The van der Waals surface area contributed by atoms with Crippen molar-refractivity contribution in [2.75, 3.05) is 6.26 Å². The summed E-state index contributed by atoms with van der Waals surface area (Å²) in [5, 5.41) is 16.9. The molecule has 1 aromatic heterocycles. The molecule has 0 aromatic carbocycles. The van der Waals surface area contributed by atoms with E-state index in [9.17, 15) is 4.79 Å². The first-order chi connectivity index (χ1) is 6.63. The van der Waals surface area contributed by atoms with Gasteiger partial charge in [0.05, 0.1) is 18.3 Å². The van der Waals surface area contributed by atoms with Gasteiger partial charge in [-0.2, -0.15) is 5.10 Å². The molecular formula is C8H11N3O2S. The fourth-order valence-electron chi connectivity index (χ4n) is 0.959. The van der Waals surface area contributed by atoms with Crippen molar-refractivity contribution in [3.63, 3.8) is 0 Å². The molecule has 0 fully saturated rings. The van der Waals surface area contributed by atoms with Crippen molar-refractivity contribution in [2.24, 2.45) is 0 Å². The van der Waals surface area contributed by atoms with Crippen LogP contribution in [0.3, 0.4) is 0 Å². The van der Waals surface area contributed by atoms with Crippen molar-refractivity contribution in [1.29, 1.82) is 0 Å². The van der Waals surface area contributed by atoms with Gasteiger partial charge in [-0.1, -0.05) is 18.7 Å². The molecule has 14 heavy (non-hydrogen) atoms. The quantitative estimate of drug-likeness (QED) is 0.757.